The zero-order chi connectivity index (χ0) is 13.6. The van der Waals surface area contributed by atoms with Crippen LogP contribution in [0.3, 0.4) is 0 Å². The van der Waals surface area contributed by atoms with Crippen LogP contribution in [0, 0.1) is 0 Å². The fraction of sp³-hybridized carbons (Fsp3) is 0.750. The quantitative estimate of drug-likeness (QED) is 0.899. The number of piperidine rings is 1. The van der Waals surface area contributed by atoms with Crippen LogP contribution in [0.1, 0.15) is 31.7 Å². The summed E-state index contributed by atoms with van der Waals surface area (Å²) in [5.74, 6) is 0. The summed E-state index contributed by atoms with van der Waals surface area (Å²) in [5.41, 5.74) is 6.24. The minimum atomic E-state index is -4.11. The molecule has 2 N–H and O–H groups in total. The number of aromatic nitrogens is 2. The summed E-state index contributed by atoms with van der Waals surface area (Å²) < 4.78 is 39.5. The first-order valence-electron chi connectivity index (χ1n) is 6.54. The fourth-order valence-electron chi connectivity index (χ4n) is 3.48. The highest BCUT2D eigenvalue weighted by molar-refractivity contribution is 5.30. The molecule has 7 heteroatoms. The van der Waals surface area contributed by atoms with Crippen LogP contribution < -0.4 is 5.73 Å². The van der Waals surface area contributed by atoms with Crippen molar-refractivity contribution in [2.45, 2.75) is 50.0 Å². The lowest BCUT2D eigenvalue weighted by molar-refractivity contribution is -0.156. The van der Waals surface area contributed by atoms with Gasteiger partial charge in [-0.05, 0) is 25.7 Å². The van der Waals surface area contributed by atoms with Gasteiger partial charge >= 0.3 is 6.18 Å². The van der Waals surface area contributed by atoms with Crippen LogP contribution in [0.2, 0.25) is 0 Å². The number of hydrogen-bond acceptors (Lipinski definition) is 3. The predicted octanol–water partition coefficient (Wildman–Crippen LogP) is 2.20. The predicted molar refractivity (Wildman–Crippen MR) is 64.5 cm³/mol. The van der Waals surface area contributed by atoms with Gasteiger partial charge in [0.05, 0.1) is 24.5 Å². The van der Waals surface area contributed by atoms with E-state index in [-0.39, 0.29) is 18.1 Å². The molecule has 2 aliphatic rings. The first-order chi connectivity index (χ1) is 8.92. The molecule has 2 aliphatic heterocycles. The third kappa shape index (κ3) is 2.56. The van der Waals surface area contributed by atoms with E-state index < -0.39 is 12.7 Å². The van der Waals surface area contributed by atoms with Crippen molar-refractivity contribution in [1.82, 2.24) is 14.7 Å². The Labute approximate surface area is 109 Å². The summed E-state index contributed by atoms with van der Waals surface area (Å²) in [6.45, 7) is -0.781. The van der Waals surface area contributed by atoms with Crippen molar-refractivity contribution in [2.75, 3.05) is 12.3 Å². The van der Waals surface area contributed by atoms with Gasteiger partial charge in [-0.1, -0.05) is 0 Å². The minimum absolute atomic E-state index is 0.0239. The van der Waals surface area contributed by atoms with Crippen molar-refractivity contribution in [1.29, 1.82) is 0 Å². The summed E-state index contributed by atoms with van der Waals surface area (Å²) in [5, 5.41) is 4.19. The van der Waals surface area contributed by atoms with Gasteiger partial charge in [-0.3, -0.25) is 9.58 Å². The first-order valence-corrected chi connectivity index (χ1v) is 6.54. The number of alkyl halides is 3. The highest BCUT2D eigenvalue weighted by Gasteiger charge is 2.45. The van der Waals surface area contributed by atoms with Gasteiger partial charge in [0.25, 0.3) is 0 Å². The number of rotatable bonds is 2. The summed E-state index contributed by atoms with van der Waals surface area (Å²) >= 11 is 0. The van der Waals surface area contributed by atoms with Crippen LogP contribution >= 0.6 is 0 Å². The lowest BCUT2D eigenvalue weighted by Crippen LogP contribution is -2.47. The molecule has 4 nitrogen and oxygen atoms in total. The largest absolute Gasteiger partial charge is 0.401 e. The van der Waals surface area contributed by atoms with Crippen molar-refractivity contribution < 1.29 is 13.2 Å². The molecular weight excluding hydrogens is 257 g/mol. The molecule has 0 aliphatic carbocycles. The van der Waals surface area contributed by atoms with E-state index in [0.29, 0.717) is 5.69 Å². The van der Waals surface area contributed by atoms with Crippen molar-refractivity contribution in [3.63, 3.8) is 0 Å². The lowest BCUT2D eigenvalue weighted by atomic mass is 9.97. The maximum Gasteiger partial charge on any atom is 0.401 e. The second-order valence-corrected chi connectivity index (χ2v) is 5.55. The van der Waals surface area contributed by atoms with Crippen LogP contribution in [0.5, 0.6) is 0 Å². The van der Waals surface area contributed by atoms with E-state index in [4.69, 9.17) is 5.73 Å². The monoisotopic (exact) mass is 274 g/mol. The van der Waals surface area contributed by atoms with E-state index in [0.717, 1.165) is 25.7 Å². The van der Waals surface area contributed by atoms with Crippen LogP contribution in [0.15, 0.2) is 12.4 Å². The van der Waals surface area contributed by atoms with Crippen molar-refractivity contribution in [3.05, 3.63) is 12.4 Å². The van der Waals surface area contributed by atoms with E-state index in [1.807, 2.05) is 4.68 Å². The Hall–Kier alpha value is -1.24. The average Bonchev–Trinajstić information content (AvgIpc) is 2.80. The van der Waals surface area contributed by atoms with Crippen molar-refractivity contribution in [3.8, 4) is 0 Å². The van der Waals surface area contributed by atoms with Gasteiger partial charge in [0.15, 0.2) is 0 Å². The van der Waals surface area contributed by atoms with Crippen molar-refractivity contribution >= 4 is 5.69 Å². The number of halogens is 3. The summed E-state index contributed by atoms with van der Waals surface area (Å²) in [7, 11) is 0. The number of nitrogen functional groups attached to an aromatic ring is 1. The molecule has 2 atom stereocenters. The van der Waals surface area contributed by atoms with Gasteiger partial charge in [0.1, 0.15) is 0 Å². The Balaban J connectivity index is 1.71. The Bertz CT molecular complexity index is 442. The molecule has 0 saturated carbocycles. The molecule has 0 amide bonds. The van der Waals surface area contributed by atoms with Gasteiger partial charge < -0.3 is 5.73 Å². The van der Waals surface area contributed by atoms with Crippen LogP contribution in [-0.4, -0.2) is 39.5 Å². The Morgan fingerprint density at radius 3 is 2.32 bits per heavy atom. The number of nitrogens with zero attached hydrogens (tertiary/aromatic N) is 3. The van der Waals surface area contributed by atoms with Gasteiger partial charge in [-0.25, -0.2) is 0 Å². The molecule has 19 heavy (non-hydrogen) atoms. The molecule has 3 heterocycles. The number of hydrogen-bond donors (Lipinski definition) is 1. The fourth-order valence-corrected chi connectivity index (χ4v) is 3.48. The third-order valence-corrected chi connectivity index (χ3v) is 4.22. The third-order valence-electron chi connectivity index (χ3n) is 4.22. The molecule has 0 aromatic carbocycles. The molecule has 0 spiro atoms. The van der Waals surface area contributed by atoms with Crippen LogP contribution in [-0.2, 0) is 0 Å². The molecule has 2 fully saturated rings. The van der Waals surface area contributed by atoms with E-state index >= 15 is 0 Å². The smallest absolute Gasteiger partial charge is 0.396 e. The Morgan fingerprint density at radius 1 is 1.21 bits per heavy atom. The second kappa shape index (κ2) is 4.40. The molecule has 1 aromatic rings. The summed E-state index contributed by atoms with van der Waals surface area (Å²) in [6.07, 6.45) is 2.42. The van der Waals surface area contributed by atoms with Gasteiger partial charge in [-0.15, -0.1) is 0 Å². The molecule has 3 rings (SSSR count). The van der Waals surface area contributed by atoms with E-state index in [9.17, 15) is 13.2 Å². The standard InChI is InChI=1S/C12H17F3N4/c13-12(14,15)7-18-9-1-2-10(18)4-11(3-9)19-6-8(16)5-17-19/h5-6,9-11H,1-4,7,16H2. The molecule has 2 bridgehead atoms. The van der Waals surface area contributed by atoms with Crippen LogP contribution in [0.4, 0.5) is 18.9 Å². The normalized spacial score (nSPS) is 31.8. The molecule has 1 aromatic heterocycles. The SMILES string of the molecule is Nc1cnn(C2CC3CCC(C2)N3CC(F)(F)F)c1. The second-order valence-electron chi connectivity index (χ2n) is 5.55. The minimum Gasteiger partial charge on any atom is -0.396 e. The zero-order valence-corrected chi connectivity index (χ0v) is 10.5. The number of anilines is 1. The van der Waals surface area contributed by atoms with Crippen LogP contribution in [0.25, 0.3) is 0 Å². The van der Waals surface area contributed by atoms with E-state index in [2.05, 4.69) is 5.10 Å². The lowest BCUT2D eigenvalue weighted by Gasteiger charge is -2.39. The number of nitrogens with two attached hydrogens (primary N) is 1. The highest BCUT2D eigenvalue weighted by Crippen LogP contribution is 2.41. The average molecular weight is 274 g/mol. The maximum atomic E-state index is 12.6. The molecule has 2 saturated heterocycles. The molecular formula is C12H17F3N4. The van der Waals surface area contributed by atoms with E-state index in [1.54, 1.807) is 17.3 Å². The molecule has 2 unspecified atom stereocenters. The van der Waals surface area contributed by atoms with E-state index in [1.165, 1.54) is 0 Å². The van der Waals surface area contributed by atoms with Crippen molar-refractivity contribution in [2.24, 2.45) is 0 Å². The Kier molecular flexibility index (Phi) is 2.96. The topological polar surface area (TPSA) is 47.1 Å². The van der Waals surface area contributed by atoms with Gasteiger partial charge in [0.2, 0.25) is 0 Å². The maximum absolute atomic E-state index is 12.6. The highest BCUT2D eigenvalue weighted by atomic mass is 19.4. The molecule has 106 valence electrons. The van der Waals surface area contributed by atoms with Gasteiger partial charge in [-0.2, -0.15) is 18.3 Å². The summed E-state index contributed by atoms with van der Waals surface area (Å²) in [4.78, 5) is 1.63. The summed E-state index contributed by atoms with van der Waals surface area (Å²) in [6, 6.07) is 0.228. The number of fused-ring (bicyclic) bond motifs is 2. The Morgan fingerprint density at radius 2 is 1.84 bits per heavy atom. The van der Waals surface area contributed by atoms with Gasteiger partial charge in [0, 0.05) is 18.3 Å². The zero-order valence-electron chi connectivity index (χ0n) is 10.5. The molecule has 0 radical (unpaired) electrons. The first kappa shape index (κ1) is 12.8.